The molecule has 19 heavy (non-hydrogen) atoms. The fourth-order valence-corrected chi connectivity index (χ4v) is 2.71. The predicted molar refractivity (Wildman–Crippen MR) is 85.4 cm³/mol. The van der Waals surface area contributed by atoms with E-state index in [1.165, 1.54) is 37.1 Å². The number of hydrogen-bond acceptors (Lipinski definition) is 2. The second-order valence-electron chi connectivity index (χ2n) is 6.45. The van der Waals surface area contributed by atoms with Crippen molar-refractivity contribution in [1.82, 2.24) is 4.90 Å². The minimum absolute atomic E-state index is 0.481. The minimum atomic E-state index is 0.481. The lowest BCUT2D eigenvalue weighted by molar-refractivity contribution is 0.127. The summed E-state index contributed by atoms with van der Waals surface area (Å²) in [5.74, 6) is 0. The average molecular weight is 276 g/mol. The number of rotatable bonds is 3. The van der Waals surface area contributed by atoms with Crippen LogP contribution in [0.1, 0.15) is 43.4 Å². The van der Waals surface area contributed by atoms with Gasteiger partial charge in [0.2, 0.25) is 0 Å². The number of likely N-dealkylation sites (tertiary alicyclic amines) is 1. The first-order chi connectivity index (χ1) is 8.87. The van der Waals surface area contributed by atoms with Gasteiger partial charge in [-0.1, -0.05) is 38.2 Å². The molecule has 0 atom stereocenters. The van der Waals surface area contributed by atoms with Crippen LogP contribution in [0.3, 0.4) is 0 Å². The zero-order valence-corrected chi connectivity index (χ0v) is 13.0. The molecule has 0 aromatic heterocycles. The molecule has 0 radical (unpaired) electrons. The first-order valence-electron chi connectivity index (χ1n) is 6.99. The van der Waals surface area contributed by atoms with Gasteiger partial charge in [-0.25, -0.2) is 0 Å². The molecule has 1 heterocycles. The molecule has 2 rings (SSSR count). The molecule has 1 aliphatic rings. The van der Waals surface area contributed by atoms with Crippen molar-refractivity contribution in [2.75, 3.05) is 13.1 Å². The predicted octanol–water partition coefficient (Wildman–Crippen LogP) is 3.25. The second-order valence-corrected chi connectivity index (χ2v) is 6.89. The van der Waals surface area contributed by atoms with E-state index in [9.17, 15) is 0 Å². The highest BCUT2D eigenvalue weighted by molar-refractivity contribution is 7.80. The Morgan fingerprint density at radius 1 is 1.32 bits per heavy atom. The standard InChI is InChI=1S/C16H24N2S/c1-12-10-13(15(17)19)4-5-14(12)11-18-8-6-16(2,3)7-9-18/h4-5,10H,6-9,11H2,1-3H3,(H2,17,19). The molecular formula is C16H24N2S. The molecule has 1 aromatic carbocycles. The number of hydrogen-bond donors (Lipinski definition) is 1. The molecule has 0 unspecified atom stereocenters. The third-order valence-corrected chi connectivity index (χ3v) is 4.47. The van der Waals surface area contributed by atoms with Crippen LogP contribution in [0.2, 0.25) is 0 Å². The molecule has 1 fully saturated rings. The third kappa shape index (κ3) is 3.77. The fourth-order valence-electron chi connectivity index (χ4n) is 2.58. The number of nitrogens with two attached hydrogens (primary N) is 1. The van der Waals surface area contributed by atoms with Gasteiger partial charge in [-0.3, -0.25) is 4.90 Å². The molecule has 0 bridgehead atoms. The molecule has 1 saturated heterocycles. The number of aryl methyl sites for hydroxylation is 1. The van der Waals surface area contributed by atoms with Gasteiger partial charge in [0, 0.05) is 12.1 Å². The van der Waals surface area contributed by atoms with Crippen LogP contribution in [0.4, 0.5) is 0 Å². The maximum atomic E-state index is 5.67. The van der Waals surface area contributed by atoms with Crippen molar-refractivity contribution in [2.45, 2.75) is 40.2 Å². The average Bonchev–Trinajstić information content (AvgIpc) is 2.34. The Morgan fingerprint density at radius 2 is 1.95 bits per heavy atom. The van der Waals surface area contributed by atoms with Crippen molar-refractivity contribution in [2.24, 2.45) is 11.1 Å². The van der Waals surface area contributed by atoms with Crippen molar-refractivity contribution < 1.29 is 0 Å². The van der Waals surface area contributed by atoms with Gasteiger partial charge >= 0.3 is 0 Å². The second kappa shape index (κ2) is 5.59. The van der Waals surface area contributed by atoms with Gasteiger partial charge < -0.3 is 5.73 Å². The van der Waals surface area contributed by atoms with Crippen molar-refractivity contribution in [3.63, 3.8) is 0 Å². The molecule has 0 saturated carbocycles. The van der Waals surface area contributed by atoms with Crippen LogP contribution in [0.5, 0.6) is 0 Å². The summed E-state index contributed by atoms with van der Waals surface area (Å²) in [5.41, 5.74) is 9.83. The maximum Gasteiger partial charge on any atom is 0.103 e. The van der Waals surface area contributed by atoms with Gasteiger partial charge in [-0.05, 0) is 55.5 Å². The van der Waals surface area contributed by atoms with Gasteiger partial charge in [0.05, 0.1) is 0 Å². The maximum absolute atomic E-state index is 5.67. The fraction of sp³-hybridized carbons (Fsp3) is 0.562. The van der Waals surface area contributed by atoms with Crippen LogP contribution in [-0.4, -0.2) is 23.0 Å². The molecule has 0 spiro atoms. The molecule has 104 valence electrons. The lowest BCUT2D eigenvalue weighted by Gasteiger charge is -2.37. The Morgan fingerprint density at radius 3 is 2.47 bits per heavy atom. The lowest BCUT2D eigenvalue weighted by atomic mass is 9.82. The van der Waals surface area contributed by atoms with Crippen LogP contribution in [0, 0.1) is 12.3 Å². The molecule has 1 aromatic rings. The lowest BCUT2D eigenvalue weighted by Crippen LogP contribution is -2.36. The van der Waals surface area contributed by atoms with E-state index in [1.54, 1.807) is 0 Å². The van der Waals surface area contributed by atoms with E-state index in [2.05, 4.69) is 37.8 Å². The van der Waals surface area contributed by atoms with Gasteiger partial charge in [0.1, 0.15) is 4.99 Å². The van der Waals surface area contributed by atoms with Crippen LogP contribution < -0.4 is 5.73 Å². The monoisotopic (exact) mass is 276 g/mol. The van der Waals surface area contributed by atoms with E-state index in [-0.39, 0.29) is 0 Å². The summed E-state index contributed by atoms with van der Waals surface area (Å²) < 4.78 is 0. The van der Waals surface area contributed by atoms with E-state index in [1.807, 2.05) is 6.07 Å². The quantitative estimate of drug-likeness (QED) is 0.859. The van der Waals surface area contributed by atoms with Gasteiger partial charge in [0.15, 0.2) is 0 Å². The van der Waals surface area contributed by atoms with Crippen molar-refractivity contribution in [3.8, 4) is 0 Å². The number of benzene rings is 1. The number of piperidine rings is 1. The van der Waals surface area contributed by atoms with Gasteiger partial charge in [-0.15, -0.1) is 0 Å². The van der Waals surface area contributed by atoms with Crippen LogP contribution >= 0.6 is 12.2 Å². The molecule has 2 nitrogen and oxygen atoms in total. The summed E-state index contributed by atoms with van der Waals surface area (Å²) in [6.45, 7) is 10.3. The zero-order chi connectivity index (χ0) is 14.0. The molecular weight excluding hydrogens is 252 g/mol. The van der Waals surface area contributed by atoms with E-state index >= 15 is 0 Å². The molecule has 2 N–H and O–H groups in total. The Labute approximate surface area is 122 Å². The summed E-state index contributed by atoms with van der Waals surface area (Å²) in [7, 11) is 0. The first-order valence-corrected chi connectivity index (χ1v) is 7.40. The van der Waals surface area contributed by atoms with Gasteiger partial charge in [-0.2, -0.15) is 0 Å². The minimum Gasteiger partial charge on any atom is -0.389 e. The molecule has 3 heteroatoms. The highest BCUT2D eigenvalue weighted by Crippen LogP contribution is 2.30. The number of nitrogens with zero attached hydrogens (tertiary/aromatic N) is 1. The first kappa shape index (κ1) is 14.5. The summed E-state index contributed by atoms with van der Waals surface area (Å²) in [6, 6.07) is 6.31. The zero-order valence-electron chi connectivity index (χ0n) is 12.2. The molecule has 0 aliphatic carbocycles. The topological polar surface area (TPSA) is 29.3 Å². The van der Waals surface area contributed by atoms with Crippen molar-refractivity contribution >= 4 is 17.2 Å². The van der Waals surface area contributed by atoms with Crippen LogP contribution in [0.25, 0.3) is 0 Å². The Hall–Kier alpha value is -0.930. The highest BCUT2D eigenvalue weighted by atomic mass is 32.1. The summed E-state index contributed by atoms with van der Waals surface area (Å²) in [5, 5.41) is 0. The smallest absolute Gasteiger partial charge is 0.103 e. The SMILES string of the molecule is Cc1cc(C(N)=S)ccc1CN1CCC(C)(C)CC1. The summed E-state index contributed by atoms with van der Waals surface area (Å²) >= 11 is 5.02. The third-order valence-electron chi connectivity index (χ3n) is 4.23. The molecule has 0 amide bonds. The van der Waals surface area contributed by atoms with E-state index in [0.717, 1.165) is 12.1 Å². The Kier molecular flexibility index (Phi) is 4.26. The van der Waals surface area contributed by atoms with Gasteiger partial charge in [0.25, 0.3) is 0 Å². The van der Waals surface area contributed by atoms with E-state index < -0.39 is 0 Å². The molecule has 1 aliphatic heterocycles. The normalized spacial score (nSPS) is 19.3. The largest absolute Gasteiger partial charge is 0.389 e. The van der Waals surface area contributed by atoms with Crippen LogP contribution in [-0.2, 0) is 6.54 Å². The summed E-state index contributed by atoms with van der Waals surface area (Å²) in [4.78, 5) is 3.03. The van der Waals surface area contributed by atoms with Crippen molar-refractivity contribution in [3.05, 3.63) is 34.9 Å². The van der Waals surface area contributed by atoms with E-state index in [0.29, 0.717) is 10.4 Å². The highest BCUT2D eigenvalue weighted by Gasteiger charge is 2.25. The van der Waals surface area contributed by atoms with Crippen LogP contribution in [0.15, 0.2) is 18.2 Å². The number of thiocarbonyl (C=S) groups is 1. The van der Waals surface area contributed by atoms with E-state index in [4.69, 9.17) is 18.0 Å². The summed E-state index contributed by atoms with van der Waals surface area (Å²) in [6.07, 6.45) is 2.58. The Balaban J connectivity index is 2.02. The van der Waals surface area contributed by atoms with Crippen molar-refractivity contribution in [1.29, 1.82) is 0 Å². The Bertz CT molecular complexity index is 470.